The van der Waals surface area contributed by atoms with Crippen molar-refractivity contribution in [1.29, 1.82) is 0 Å². The molecule has 1 aromatic carbocycles. The summed E-state index contributed by atoms with van der Waals surface area (Å²) in [5.41, 5.74) is 1.30. The van der Waals surface area contributed by atoms with Gasteiger partial charge in [-0.05, 0) is 37.0 Å². The molecular formula is C12H17ClO. The highest BCUT2D eigenvalue weighted by molar-refractivity contribution is 6.31. The maximum absolute atomic E-state index is 10.1. The first-order valence-corrected chi connectivity index (χ1v) is 5.40. The van der Waals surface area contributed by atoms with E-state index < -0.39 is 5.60 Å². The van der Waals surface area contributed by atoms with E-state index in [2.05, 4.69) is 6.92 Å². The third-order valence-electron chi connectivity index (χ3n) is 2.74. The van der Waals surface area contributed by atoms with Gasteiger partial charge in [0.25, 0.3) is 0 Å². The lowest BCUT2D eigenvalue weighted by atomic mass is 9.92. The van der Waals surface area contributed by atoms with E-state index in [-0.39, 0.29) is 0 Å². The van der Waals surface area contributed by atoms with E-state index in [1.165, 1.54) is 0 Å². The number of aliphatic hydroxyl groups is 1. The Bertz CT molecular complexity index is 318. The van der Waals surface area contributed by atoms with Gasteiger partial charge in [-0.25, -0.2) is 0 Å². The molecule has 78 valence electrons. The first-order valence-electron chi connectivity index (χ1n) is 5.02. The maximum atomic E-state index is 10.1. The number of rotatable bonds is 3. The van der Waals surface area contributed by atoms with Crippen molar-refractivity contribution in [2.24, 2.45) is 0 Å². The van der Waals surface area contributed by atoms with Gasteiger partial charge in [0.05, 0.1) is 5.60 Å². The molecule has 0 aromatic heterocycles. The number of hydrogen-bond donors (Lipinski definition) is 1. The van der Waals surface area contributed by atoms with Gasteiger partial charge in [0, 0.05) is 5.02 Å². The Morgan fingerprint density at radius 1 is 1.36 bits per heavy atom. The summed E-state index contributed by atoms with van der Waals surface area (Å²) < 4.78 is 0. The molecule has 1 N–H and O–H groups in total. The van der Waals surface area contributed by atoms with Crippen molar-refractivity contribution in [1.82, 2.24) is 0 Å². The Balaban J connectivity index is 3.12. The lowest BCUT2D eigenvalue weighted by Crippen LogP contribution is -2.19. The minimum Gasteiger partial charge on any atom is -0.385 e. The average molecular weight is 213 g/mol. The Morgan fingerprint density at radius 2 is 2.00 bits per heavy atom. The fourth-order valence-electron chi connectivity index (χ4n) is 1.38. The van der Waals surface area contributed by atoms with Crippen molar-refractivity contribution in [2.45, 2.75) is 39.2 Å². The summed E-state index contributed by atoms with van der Waals surface area (Å²) in [6.45, 7) is 5.86. The van der Waals surface area contributed by atoms with Crippen LogP contribution < -0.4 is 0 Å². The number of benzene rings is 1. The maximum Gasteiger partial charge on any atom is 0.0866 e. The van der Waals surface area contributed by atoms with Crippen LogP contribution in [0.15, 0.2) is 18.2 Å². The smallest absolute Gasteiger partial charge is 0.0866 e. The molecule has 0 unspecified atom stereocenters. The van der Waals surface area contributed by atoms with Gasteiger partial charge in [0.1, 0.15) is 0 Å². The second-order valence-corrected chi connectivity index (χ2v) is 4.19. The second-order valence-electron chi connectivity index (χ2n) is 3.79. The molecule has 0 saturated carbocycles. The Labute approximate surface area is 90.7 Å². The highest BCUT2D eigenvalue weighted by Crippen LogP contribution is 2.27. The van der Waals surface area contributed by atoms with Gasteiger partial charge in [0.2, 0.25) is 0 Å². The van der Waals surface area contributed by atoms with E-state index >= 15 is 0 Å². The summed E-state index contributed by atoms with van der Waals surface area (Å²) in [4.78, 5) is 0. The molecule has 0 spiro atoms. The summed E-state index contributed by atoms with van der Waals surface area (Å²) in [6, 6.07) is 5.75. The van der Waals surface area contributed by atoms with E-state index in [9.17, 15) is 5.11 Å². The monoisotopic (exact) mass is 212 g/mol. The minimum atomic E-state index is -0.742. The van der Waals surface area contributed by atoms with Gasteiger partial charge >= 0.3 is 0 Å². The molecule has 1 nitrogen and oxygen atoms in total. The van der Waals surface area contributed by atoms with Gasteiger partial charge in [0.15, 0.2) is 0 Å². The Morgan fingerprint density at radius 3 is 2.50 bits per heavy atom. The van der Waals surface area contributed by atoms with E-state index in [4.69, 9.17) is 11.6 Å². The summed E-state index contributed by atoms with van der Waals surface area (Å²) in [5, 5.41) is 10.8. The molecule has 0 aliphatic heterocycles. The van der Waals surface area contributed by atoms with Crippen molar-refractivity contribution in [2.75, 3.05) is 0 Å². The summed E-state index contributed by atoms with van der Waals surface area (Å²) in [5.74, 6) is 0. The topological polar surface area (TPSA) is 20.2 Å². The molecule has 0 amide bonds. The lowest BCUT2D eigenvalue weighted by Gasteiger charge is -2.22. The molecule has 0 bridgehead atoms. The van der Waals surface area contributed by atoms with Crippen molar-refractivity contribution >= 4 is 11.6 Å². The number of hydrogen-bond acceptors (Lipinski definition) is 1. The summed E-state index contributed by atoms with van der Waals surface area (Å²) in [7, 11) is 0. The normalized spacial score (nSPS) is 15.2. The number of aryl methyl sites for hydroxylation is 1. The molecule has 14 heavy (non-hydrogen) atoms. The fourth-order valence-corrected chi connectivity index (χ4v) is 1.64. The van der Waals surface area contributed by atoms with E-state index in [1.54, 1.807) is 0 Å². The van der Waals surface area contributed by atoms with Crippen LogP contribution in [0, 0.1) is 0 Å². The molecule has 1 aromatic rings. The average Bonchev–Trinajstić information content (AvgIpc) is 2.18. The van der Waals surface area contributed by atoms with Gasteiger partial charge < -0.3 is 5.11 Å². The van der Waals surface area contributed by atoms with Crippen LogP contribution in [-0.4, -0.2) is 5.11 Å². The Hall–Kier alpha value is -0.530. The van der Waals surface area contributed by atoms with E-state index in [0.29, 0.717) is 6.42 Å². The highest BCUT2D eigenvalue weighted by Gasteiger charge is 2.20. The summed E-state index contributed by atoms with van der Waals surface area (Å²) >= 11 is 6.01. The SMILES string of the molecule is CCc1cc([C@@](C)(O)CC)ccc1Cl. The molecule has 0 saturated heterocycles. The Kier molecular flexibility index (Phi) is 3.57. The van der Waals surface area contributed by atoms with Crippen molar-refractivity contribution in [3.8, 4) is 0 Å². The molecule has 0 aliphatic rings. The lowest BCUT2D eigenvalue weighted by molar-refractivity contribution is 0.0530. The van der Waals surface area contributed by atoms with Crippen LogP contribution >= 0.6 is 11.6 Å². The third-order valence-corrected chi connectivity index (χ3v) is 3.11. The zero-order chi connectivity index (χ0) is 10.8. The van der Waals surface area contributed by atoms with E-state index in [1.807, 2.05) is 32.0 Å². The zero-order valence-corrected chi connectivity index (χ0v) is 9.73. The van der Waals surface area contributed by atoms with Crippen LogP contribution in [0.2, 0.25) is 5.02 Å². The molecular weight excluding hydrogens is 196 g/mol. The molecule has 2 heteroatoms. The van der Waals surface area contributed by atoms with Crippen LogP contribution in [0.4, 0.5) is 0 Å². The van der Waals surface area contributed by atoms with Gasteiger partial charge in [-0.3, -0.25) is 0 Å². The van der Waals surface area contributed by atoms with E-state index in [0.717, 1.165) is 22.6 Å². The fraction of sp³-hybridized carbons (Fsp3) is 0.500. The molecule has 1 atom stereocenters. The molecule has 0 heterocycles. The standard InChI is InChI=1S/C12H17ClO/c1-4-9-8-10(6-7-11(9)13)12(3,14)5-2/h6-8,14H,4-5H2,1-3H3/t12-/m0/s1. The van der Waals surface area contributed by atoms with Gasteiger partial charge in [-0.15, -0.1) is 0 Å². The predicted molar refractivity (Wildman–Crippen MR) is 60.7 cm³/mol. The largest absolute Gasteiger partial charge is 0.385 e. The first-order chi connectivity index (χ1) is 6.51. The van der Waals surface area contributed by atoms with Crippen LogP contribution in [0.25, 0.3) is 0 Å². The van der Waals surface area contributed by atoms with Gasteiger partial charge in [-0.2, -0.15) is 0 Å². The van der Waals surface area contributed by atoms with Crippen molar-refractivity contribution < 1.29 is 5.11 Å². The molecule has 0 radical (unpaired) electrons. The molecule has 0 aliphatic carbocycles. The highest BCUT2D eigenvalue weighted by atomic mass is 35.5. The van der Waals surface area contributed by atoms with Crippen LogP contribution in [-0.2, 0) is 12.0 Å². The second kappa shape index (κ2) is 4.33. The summed E-state index contributed by atoms with van der Waals surface area (Å²) in [6.07, 6.45) is 1.60. The minimum absolute atomic E-state index is 0.706. The zero-order valence-electron chi connectivity index (χ0n) is 8.97. The predicted octanol–water partition coefficient (Wildman–Crippen LogP) is 3.52. The van der Waals surface area contributed by atoms with Crippen LogP contribution in [0.3, 0.4) is 0 Å². The third kappa shape index (κ3) is 2.28. The quantitative estimate of drug-likeness (QED) is 0.813. The first kappa shape index (κ1) is 11.5. The van der Waals surface area contributed by atoms with Gasteiger partial charge in [-0.1, -0.05) is 37.6 Å². The van der Waals surface area contributed by atoms with Crippen molar-refractivity contribution in [3.05, 3.63) is 34.3 Å². The molecule has 1 rings (SSSR count). The van der Waals surface area contributed by atoms with Crippen molar-refractivity contribution in [3.63, 3.8) is 0 Å². The van der Waals surface area contributed by atoms with Crippen LogP contribution in [0.1, 0.15) is 38.3 Å². The number of halogens is 1. The molecule has 0 fully saturated rings. The van der Waals surface area contributed by atoms with Crippen LogP contribution in [0.5, 0.6) is 0 Å².